The first-order chi connectivity index (χ1) is 16.6. The molecule has 5 rings (SSSR count). The molecule has 0 saturated carbocycles. The Morgan fingerprint density at radius 2 is 1.85 bits per heavy atom. The van der Waals surface area contributed by atoms with Gasteiger partial charge < -0.3 is 13.7 Å². The third kappa shape index (κ3) is 5.43. The van der Waals surface area contributed by atoms with Crippen molar-refractivity contribution in [3.63, 3.8) is 0 Å². The van der Waals surface area contributed by atoms with Crippen LogP contribution in [0.3, 0.4) is 0 Å². The number of piperazine rings is 1. The summed E-state index contributed by atoms with van der Waals surface area (Å²) in [4.78, 5) is 21.7. The first-order valence-corrected chi connectivity index (χ1v) is 12.4. The number of nitrogens with zero attached hydrogens (tertiary/aromatic N) is 3. The van der Waals surface area contributed by atoms with Crippen LogP contribution in [0.5, 0.6) is 0 Å². The molecule has 1 amide bonds. The molecule has 1 aliphatic heterocycles. The van der Waals surface area contributed by atoms with Crippen LogP contribution in [0.2, 0.25) is 0 Å². The molecule has 1 saturated heterocycles. The van der Waals surface area contributed by atoms with Crippen LogP contribution >= 0.6 is 11.8 Å². The summed E-state index contributed by atoms with van der Waals surface area (Å²) >= 11 is 1.46. The van der Waals surface area contributed by atoms with E-state index in [1.165, 1.54) is 17.3 Å². The highest BCUT2D eigenvalue weighted by Crippen LogP contribution is 2.27. The van der Waals surface area contributed by atoms with Crippen molar-refractivity contribution in [1.82, 2.24) is 14.8 Å². The van der Waals surface area contributed by atoms with Crippen molar-refractivity contribution in [1.29, 1.82) is 0 Å². The molecule has 4 aromatic rings. The van der Waals surface area contributed by atoms with Crippen molar-refractivity contribution >= 4 is 34.8 Å². The number of aromatic nitrogens is 1. The van der Waals surface area contributed by atoms with Crippen molar-refractivity contribution in [2.45, 2.75) is 17.9 Å². The van der Waals surface area contributed by atoms with Gasteiger partial charge in [0.25, 0.3) is 11.1 Å². The lowest BCUT2D eigenvalue weighted by Gasteiger charge is -2.33. The lowest BCUT2D eigenvalue weighted by molar-refractivity contribution is 0.0617. The second-order valence-corrected chi connectivity index (χ2v) is 9.34. The fourth-order valence-corrected chi connectivity index (χ4v) is 4.71. The van der Waals surface area contributed by atoms with Gasteiger partial charge in [-0.25, -0.2) is 4.98 Å². The van der Waals surface area contributed by atoms with Crippen LogP contribution in [0, 0.1) is 6.92 Å². The third-order valence-electron chi connectivity index (χ3n) is 5.87. The topological polar surface area (TPSA) is 62.7 Å². The summed E-state index contributed by atoms with van der Waals surface area (Å²) in [6.45, 7) is 6.02. The predicted octanol–water partition coefficient (Wildman–Crippen LogP) is 5.49. The van der Waals surface area contributed by atoms with Gasteiger partial charge in [-0.1, -0.05) is 60.3 Å². The number of thioether (sulfide) groups is 1. The maximum absolute atomic E-state index is 12.9. The lowest BCUT2D eigenvalue weighted by Crippen LogP contribution is -2.48. The van der Waals surface area contributed by atoms with Crippen molar-refractivity contribution < 1.29 is 13.6 Å². The monoisotopic (exact) mass is 473 g/mol. The second kappa shape index (κ2) is 10.3. The average molecular weight is 474 g/mol. The van der Waals surface area contributed by atoms with E-state index in [9.17, 15) is 4.79 Å². The number of hydrogen-bond acceptors (Lipinski definition) is 6. The van der Waals surface area contributed by atoms with Gasteiger partial charge in [0.1, 0.15) is 11.3 Å². The Hall–Kier alpha value is -3.29. The molecular formula is C27H27N3O3S. The van der Waals surface area contributed by atoms with E-state index in [0.717, 1.165) is 42.1 Å². The van der Waals surface area contributed by atoms with Gasteiger partial charge in [-0.05, 0) is 42.3 Å². The number of furan rings is 1. The summed E-state index contributed by atoms with van der Waals surface area (Å²) in [6, 6.07) is 19.9. The van der Waals surface area contributed by atoms with Gasteiger partial charge in [-0.2, -0.15) is 0 Å². The van der Waals surface area contributed by atoms with Crippen LogP contribution in [0.25, 0.3) is 17.2 Å². The molecule has 7 heteroatoms. The normalized spacial score (nSPS) is 14.9. The summed E-state index contributed by atoms with van der Waals surface area (Å²) in [6.07, 6.45) is 4.32. The fourth-order valence-electron chi connectivity index (χ4n) is 3.97. The number of fused-ring (bicyclic) bond motifs is 1. The maximum Gasteiger partial charge on any atom is 0.289 e. The van der Waals surface area contributed by atoms with Crippen LogP contribution < -0.4 is 0 Å². The number of amides is 1. The molecule has 3 heterocycles. The minimum absolute atomic E-state index is 0.0481. The van der Waals surface area contributed by atoms with Gasteiger partial charge in [0.15, 0.2) is 11.3 Å². The standard InChI is InChI=1S/C27H27N3O3S/c1-20-9-11-24-23(18-20)28-27(33-24)34-19-22-10-12-25(32-22)26(31)30-16-14-29(15-17-30)13-5-8-21-6-3-2-4-7-21/h2-12,18H,13-17,19H2,1H3. The van der Waals surface area contributed by atoms with Crippen molar-refractivity contribution in [2.75, 3.05) is 32.7 Å². The molecule has 0 unspecified atom stereocenters. The van der Waals surface area contributed by atoms with E-state index in [1.807, 2.05) is 54.3 Å². The van der Waals surface area contributed by atoms with E-state index in [1.54, 1.807) is 6.07 Å². The van der Waals surface area contributed by atoms with Crippen molar-refractivity contribution in [2.24, 2.45) is 0 Å². The number of hydrogen-bond donors (Lipinski definition) is 0. The Morgan fingerprint density at radius 1 is 1.03 bits per heavy atom. The molecule has 6 nitrogen and oxygen atoms in total. The Morgan fingerprint density at radius 3 is 2.68 bits per heavy atom. The molecule has 2 aromatic carbocycles. The van der Waals surface area contributed by atoms with Crippen LogP contribution in [-0.2, 0) is 5.75 Å². The summed E-state index contributed by atoms with van der Waals surface area (Å²) < 4.78 is 11.6. The molecule has 0 atom stereocenters. The lowest BCUT2D eigenvalue weighted by atomic mass is 10.2. The molecule has 0 radical (unpaired) electrons. The number of rotatable bonds is 7. The molecule has 2 aromatic heterocycles. The minimum atomic E-state index is -0.0481. The zero-order chi connectivity index (χ0) is 23.3. The fraction of sp³-hybridized carbons (Fsp3) is 0.259. The van der Waals surface area contributed by atoms with Crippen molar-refractivity contribution in [3.8, 4) is 0 Å². The smallest absolute Gasteiger partial charge is 0.289 e. The average Bonchev–Trinajstić information content (AvgIpc) is 3.50. The van der Waals surface area contributed by atoms with E-state index in [-0.39, 0.29) is 5.91 Å². The number of benzene rings is 2. The van der Waals surface area contributed by atoms with E-state index < -0.39 is 0 Å². The molecule has 0 bridgehead atoms. The quantitative estimate of drug-likeness (QED) is 0.331. The second-order valence-electron chi connectivity index (χ2n) is 8.41. The first kappa shape index (κ1) is 22.5. The predicted molar refractivity (Wildman–Crippen MR) is 135 cm³/mol. The van der Waals surface area contributed by atoms with E-state index >= 15 is 0 Å². The highest BCUT2D eigenvalue weighted by Gasteiger charge is 2.24. The maximum atomic E-state index is 12.9. The summed E-state index contributed by atoms with van der Waals surface area (Å²) in [5, 5.41) is 0.599. The van der Waals surface area contributed by atoms with Crippen LogP contribution in [0.1, 0.15) is 27.4 Å². The van der Waals surface area contributed by atoms with Gasteiger partial charge >= 0.3 is 0 Å². The number of carbonyl (C=O) groups is 1. The molecule has 0 N–H and O–H groups in total. The SMILES string of the molecule is Cc1ccc2oc(SCc3ccc(C(=O)N4CCN(CC=Cc5ccccc5)CC4)o3)nc2c1. The van der Waals surface area contributed by atoms with E-state index in [4.69, 9.17) is 8.83 Å². The largest absolute Gasteiger partial charge is 0.455 e. The number of carbonyl (C=O) groups excluding carboxylic acids is 1. The Balaban J connectivity index is 1.10. The first-order valence-electron chi connectivity index (χ1n) is 11.5. The van der Waals surface area contributed by atoms with Crippen LogP contribution in [0.4, 0.5) is 0 Å². The highest BCUT2D eigenvalue weighted by molar-refractivity contribution is 7.98. The number of aryl methyl sites for hydroxylation is 1. The van der Waals surface area contributed by atoms with Gasteiger partial charge in [0.2, 0.25) is 0 Å². The Bertz CT molecular complexity index is 1290. The van der Waals surface area contributed by atoms with Gasteiger partial charge in [0.05, 0.1) is 5.75 Å². The highest BCUT2D eigenvalue weighted by atomic mass is 32.2. The molecule has 0 aliphatic carbocycles. The van der Waals surface area contributed by atoms with E-state index in [0.29, 0.717) is 29.8 Å². The molecule has 1 fully saturated rings. The summed E-state index contributed by atoms with van der Waals surface area (Å²) in [7, 11) is 0. The summed E-state index contributed by atoms with van der Waals surface area (Å²) in [5.74, 6) is 1.63. The number of oxazole rings is 1. The Labute approximate surface area is 203 Å². The van der Waals surface area contributed by atoms with Gasteiger partial charge in [-0.3, -0.25) is 9.69 Å². The third-order valence-corrected chi connectivity index (χ3v) is 6.72. The van der Waals surface area contributed by atoms with Crippen LogP contribution in [-0.4, -0.2) is 53.4 Å². The minimum Gasteiger partial charge on any atom is -0.455 e. The molecule has 174 valence electrons. The van der Waals surface area contributed by atoms with Crippen LogP contribution in [0.15, 0.2) is 80.8 Å². The molecule has 1 aliphatic rings. The van der Waals surface area contributed by atoms with Gasteiger partial charge in [-0.15, -0.1) is 0 Å². The van der Waals surface area contributed by atoms with E-state index in [2.05, 4.69) is 34.2 Å². The zero-order valence-electron chi connectivity index (χ0n) is 19.1. The van der Waals surface area contributed by atoms with Crippen molar-refractivity contribution in [3.05, 3.63) is 89.4 Å². The Kier molecular flexibility index (Phi) is 6.83. The molecular weight excluding hydrogens is 446 g/mol. The zero-order valence-corrected chi connectivity index (χ0v) is 20.0. The molecule has 34 heavy (non-hydrogen) atoms. The summed E-state index contributed by atoms with van der Waals surface area (Å²) in [5.41, 5.74) is 3.98. The molecule has 0 spiro atoms. The van der Waals surface area contributed by atoms with Gasteiger partial charge in [0, 0.05) is 32.7 Å².